The van der Waals surface area contributed by atoms with Crippen LogP contribution < -0.4 is 0 Å². The van der Waals surface area contributed by atoms with Gasteiger partial charge < -0.3 is 9.55 Å². The summed E-state index contributed by atoms with van der Waals surface area (Å²) in [6, 6.07) is 19.4. The van der Waals surface area contributed by atoms with Crippen LogP contribution in [0.1, 0.15) is 5.56 Å². The number of aromatic nitrogens is 2. The van der Waals surface area contributed by atoms with Crippen molar-refractivity contribution in [3.63, 3.8) is 0 Å². The van der Waals surface area contributed by atoms with Crippen molar-refractivity contribution in [1.82, 2.24) is 9.55 Å². The Morgan fingerprint density at radius 1 is 0.769 bits per heavy atom. The first kappa shape index (κ1) is 15.1. The van der Waals surface area contributed by atoms with Crippen LogP contribution in [0.5, 0.6) is 0 Å². The average Bonchev–Trinajstić information content (AvgIpc) is 3.20. The molecule has 0 fully saturated rings. The number of hydrogen-bond acceptors (Lipinski definition) is 0. The quantitative estimate of drug-likeness (QED) is 0.367. The number of alkyl halides is 3. The molecule has 26 heavy (non-hydrogen) atoms. The molecule has 0 atom stereocenters. The van der Waals surface area contributed by atoms with E-state index >= 15 is 0 Å². The average molecular weight is 350 g/mol. The standard InChI is InChI=1S/C21H13F3N2/c22-21(23,24)14-4-3-5-15(11-14)26-9-8-13-10-17-16-6-1-2-7-18(16)25-19(17)12-20(13)26/h1-12,25H. The van der Waals surface area contributed by atoms with Crippen molar-refractivity contribution in [3.05, 3.63) is 78.5 Å². The van der Waals surface area contributed by atoms with Crippen molar-refractivity contribution >= 4 is 32.7 Å². The van der Waals surface area contributed by atoms with Gasteiger partial charge in [-0.1, -0.05) is 24.3 Å². The molecule has 5 aromatic rings. The highest BCUT2D eigenvalue weighted by Crippen LogP contribution is 2.33. The van der Waals surface area contributed by atoms with E-state index in [1.807, 2.05) is 30.3 Å². The number of halogens is 3. The van der Waals surface area contributed by atoms with Crippen LogP contribution in [0.25, 0.3) is 38.4 Å². The second kappa shape index (κ2) is 5.14. The Labute approximate surface area is 146 Å². The lowest BCUT2D eigenvalue weighted by Crippen LogP contribution is -2.05. The summed E-state index contributed by atoms with van der Waals surface area (Å²) in [5, 5.41) is 3.23. The molecule has 2 aromatic heterocycles. The number of H-pyrrole nitrogens is 1. The zero-order chi connectivity index (χ0) is 17.9. The van der Waals surface area contributed by atoms with E-state index in [2.05, 4.69) is 17.1 Å². The predicted molar refractivity (Wildman–Crippen MR) is 97.6 cm³/mol. The van der Waals surface area contributed by atoms with E-state index < -0.39 is 11.7 Å². The second-order valence-electron chi connectivity index (χ2n) is 6.36. The van der Waals surface area contributed by atoms with Gasteiger partial charge in [-0.3, -0.25) is 0 Å². The first-order valence-electron chi connectivity index (χ1n) is 8.20. The minimum Gasteiger partial charge on any atom is -0.354 e. The Hall–Kier alpha value is -3.21. The van der Waals surface area contributed by atoms with E-state index in [0.717, 1.165) is 38.8 Å². The van der Waals surface area contributed by atoms with Crippen molar-refractivity contribution in [1.29, 1.82) is 0 Å². The van der Waals surface area contributed by atoms with Crippen molar-refractivity contribution < 1.29 is 13.2 Å². The van der Waals surface area contributed by atoms with Gasteiger partial charge in [0.25, 0.3) is 0 Å². The predicted octanol–water partition coefficient (Wildman–Crippen LogP) is 6.28. The summed E-state index contributed by atoms with van der Waals surface area (Å²) in [6.45, 7) is 0. The SMILES string of the molecule is FC(F)(F)c1cccc(-n2ccc3cc4c(cc32)[nH]c2ccccc24)c1. The summed E-state index contributed by atoms with van der Waals surface area (Å²) in [4.78, 5) is 3.38. The lowest BCUT2D eigenvalue weighted by Gasteiger charge is -2.10. The minimum absolute atomic E-state index is 0.491. The zero-order valence-corrected chi connectivity index (χ0v) is 13.5. The first-order chi connectivity index (χ1) is 12.5. The number of nitrogens with one attached hydrogen (secondary N) is 1. The Morgan fingerprint density at radius 3 is 2.46 bits per heavy atom. The van der Waals surface area contributed by atoms with Gasteiger partial charge in [-0.25, -0.2) is 0 Å². The van der Waals surface area contributed by atoms with E-state index in [4.69, 9.17) is 0 Å². The fourth-order valence-electron chi connectivity index (χ4n) is 3.54. The molecule has 0 aliphatic rings. The molecule has 0 amide bonds. The largest absolute Gasteiger partial charge is 0.416 e. The maximum Gasteiger partial charge on any atom is 0.416 e. The minimum atomic E-state index is -4.36. The van der Waals surface area contributed by atoms with Crippen molar-refractivity contribution in [2.45, 2.75) is 6.18 Å². The smallest absolute Gasteiger partial charge is 0.354 e. The lowest BCUT2D eigenvalue weighted by atomic mass is 10.1. The van der Waals surface area contributed by atoms with Gasteiger partial charge in [-0.05, 0) is 42.5 Å². The highest BCUT2D eigenvalue weighted by atomic mass is 19.4. The Kier molecular flexibility index (Phi) is 2.98. The summed E-state index contributed by atoms with van der Waals surface area (Å²) in [7, 11) is 0. The molecule has 0 aliphatic carbocycles. The van der Waals surface area contributed by atoms with Crippen LogP contribution >= 0.6 is 0 Å². The van der Waals surface area contributed by atoms with Gasteiger partial charge >= 0.3 is 6.18 Å². The molecule has 5 heteroatoms. The monoisotopic (exact) mass is 350 g/mol. The van der Waals surface area contributed by atoms with Crippen LogP contribution in [-0.2, 0) is 6.18 Å². The molecule has 3 aromatic carbocycles. The van der Waals surface area contributed by atoms with Gasteiger partial charge in [-0.15, -0.1) is 0 Å². The van der Waals surface area contributed by atoms with Gasteiger partial charge in [0, 0.05) is 39.1 Å². The van der Waals surface area contributed by atoms with Crippen LogP contribution in [0.3, 0.4) is 0 Å². The van der Waals surface area contributed by atoms with Gasteiger partial charge in [0.1, 0.15) is 0 Å². The molecule has 0 spiro atoms. The fraction of sp³-hybridized carbons (Fsp3) is 0.0476. The highest BCUT2D eigenvalue weighted by molar-refractivity contribution is 6.11. The summed E-state index contributed by atoms with van der Waals surface area (Å²) in [5.41, 5.74) is 2.71. The number of rotatable bonds is 1. The molecule has 5 rings (SSSR count). The maximum absolute atomic E-state index is 13.0. The molecule has 0 unspecified atom stereocenters. The molecule has 0 saturated heterocycles. The fourth-order valence-corrected chi connectivity index (χ4v) is 3.54. The number of aromatic amines is 1. The first-order valence-corrected chi connectivity index (χ1v) is 8.20. The molecule has 0 saturated carbocycles. The number of hydrogen-bond donors (Lipinski definition) is 1. The summed E-state index contributed by atoms with van der Waals surface area (Å²) < 4.78 is 40.9. The van der Waals surface area contributed by atoms with Crippen molar-refractivity contribution in [2.75, 3.05) is 0 Å². The molecule has 0 radical (unpaired) electrons. The molecule has 1 N–H and O–H groups in total. The molecule has 0 bridgehead atoms. The van der Waals surface area contributed by atoms with Crippen LogP contribution in [0, 0.1) is 0 Å². The van der Waals surface area contributed by atoms with E-state index in [1.165, 1.54) is 12.1 Å². The van der Waals surface area contributed by atoms with E-state index in [9.17, 15) is 13.2 Å². The van der Waals surface area contributed by atoms with Crippen molar-refractivity contribution in [2.24, 2.45) is 0 Å². The summed E-state index contributed by atoms with van der Waals surface area (Å²) in [5.74, 6) is 0. The Morgan fingerprint density at radius 2 is 1.62 bits per heavy atom. The summed E-state index contributed by atoms with van der Waals surface area (Å²) >= 11 is 0. The van der Waals surface area contributed by atoms with E-state index in [0.29, 0.717) is 5.69 Å². The Balaban J connectivity index is 1.76. The van der Waals surface area contributed by atoms with Gasteiger partial charge in [0.15, 0.2) is 0 Å². The number of fused-ring (bicyclic) bond motifs is 4. The van der Waals surface area contributed by atoms with Crippen molar-refractivity contribution in [3.8, 4) is 5.69 Å². The molecular formula is C21H13F3N2. The number of para-hydroxylation sites is 1. The third kappa shape index (κ3) is 2.20. The van der Waals surface area contributed by atoms with Crippen LogP contribution in [-0.4, -0.2) is 9.55 Å². The second-order valence-corrected chi connectivity index (χ2v) is 6.36. The molecule has 128 valence electrons. The lowest BCUT2D eigenvalue weighted by molar-refractivity contribution is -0.137. The third-order valence-electron chi connectivity index (χ3n) is 4.77. The topological polar surface area (TPSA) is 20.7 Å². The van der Waals surface area contributed by atoms with Gasteiger partial charge in [-0.2, -0.15) is 13.2 Å². The highest BCUT2D eigenvalue weighted by Gasteiger charge is 2.30. The molecular weight excluding hydrogens is 337 g/mol. The Bertz CT molecular complexity index is 1280. The zero-order valence-electron chi connectivity index (χ0n) is 13.5. The van der Waals surface area contributed by atoms with Crippen LogP contribution in [0.2, 0.25) is 0 Å². The molecule has 2 heterocycles. The number of benzene rings is 3. The summed E-state index contributed by atoms with van der Waals surface area (Å²) in [6.07, 6.45) is -2.55. The van der Waals surface area contributed by atoms with Crippen LogP contribution in [0.4, 0.5) is 13.2 Å². The third-order valence-corrected chi connectivity index (χ3v) is 4.77. The van der Waals surface area contributed by atoms with E-state index in [1.54, 1.807) is 16.8 Å². The van der Waals surface area contributed by atoms with Gasteiger partial charge in [0.05, 0.1) is 11.1 Å². The normalized spacial score (nSPS) is 12.4. The maximum atomic E-state index is 13.0. The van der Waals surface area contributed by atoms with Gasteiger partial charge in [0.2, 0.25) is 0 Å². The number of nitrogens with zero attached hydrogens (tertiary/aromatic N) is 1. The molecule has 0 aliphatic heterocycles. The van der Waals surface area contributed by atoms with Crippen LogP contribution in [0.15, 0.2) is 72.9 Å². The van der Waals surface area contributed by atoms with E-state index in [-0.39, 0.29) is 0 Å². The molecule has 2 nitrogen and oxygen atoms in total.